The fourth-order valence-corrected chi connectivity index (χ4v) is 2.89. The van der Waals surface area contributed by atoms with Gasteiger partial charge in [-0.25, -0.2) is 0 Å². The van der Waals surface area contributed by atoms with Crippen molar-refractivity contribution in [3.8, 4) is 0 Å². The maximum atomic E-state index is 11.7. The molecule has 0 unspecified atom stereocenters. The maximum Gasteiger partial charge on any atom is 0.228 e. The van der Waals surface area contributed by atoms with Gasteiger partial charge < -0.3 is 15.1 Å². The Morgan fingerprint density at radius 3 is 2.80 bits per heavy atom. The Kier molecular flexibility index (Phi) is 6.05. The lowest BCUT2D eigenvalue weighted by molar-refractivity contribution is -0.121. The molecule has 0 aliphatic heterocycles. The highest BCUT2D eigenvalue weighted by molar-refractivity contribution is 7.99. The molecule has 0 spiro atoms. The van der Waals surface area contributed by atoms with E-state index < -0.39 is 0 Å². The first-order chi connectivity index (χ1) is 12.2. The molecule has 1 fully saturated rings. The van der Waals surface area contributed by atoms with E-state index in [-0.39, 0.29) is 17.7 Å². The molecule has 132 valence electrons. The summed E-state index contributed by atoms with van der Waals surface area (Å²) in [6.07, 6.45) is 4.71. The normalized spacial score (nSPS) is 13.4. The molecule has 3 rings (SSSR count). The van der Waals surface area contributed by atoms with Crippen LogP contribution in [0.1, 0.15) is 31.4 Å². The highest BCUT2D eigenvalue weighted by Crippen LogP contribution is 2.30. The fourth-order valence-electron chi connectivity index (χ4n) is 2.13. The zero-order chi connectivity index (χ0) is 17.5. The number of nitrogens with one attached hydrogen (secondary N) is 2. The third-order valence-corrected chi connectivity index (χ3v) is 4.68. The average Bonchev–Trinajstić information content (AvgIpc) is 3.35. The zero-order valence-corrected chi connectivity index (χ0v) is 14.6. The van der Waals surface area contributed by atoms with Gasteiger partial charge in [0.15, 0.2) is 5.82 Å². The van der Waals surface area contributed by atoms with Gasteiger partial charge in [-0.05, 0) is 43.5 Å². The number of nitrogens with zero attached hydrogens (tertiary/aromatic N) is 2. The molecule has 8 heteroatoms. The number of thioether (sulfide) groups is 1. The summed E-state index contributed by atoms with van der Waals surface area (Å²) < 4.78 is 5.16. The summed E-state index contributed by atoms with van der Waals surface area (Å²) in [6, 6.07) is 7.20. The van der Waals surface area contributed by atoms with Crippen molar-refractivity contribution in [2.24, 2.45) is 5.92 Å². The largest absolute Gasteiger partial charge is 0.467 e. The fraction of sp³-hybridized carbons (Fsp3) is 0.412. The number of rotatable bonds is 9. The number of hydrogen-bond donors (Lipinski definition) is 2. The quantitative estimate of drug-likeness (QED) is 0.527. The highest BCUT2D eigenvalue weighted by atomic mass is 32.2. The number of furan rings is 1. The summed E-state index contributed by atoms with van der Waals surface area (Å²) in [5.41, 5.74) is 0. The second-order valence-corrected chi connectivity index (χ2v) is 6.94. The van der Waals surface area contributed by atoms with Crippen LogP contribution in [0.4, 0.5) is 5.82 Å². The van der Waals surface area contributed by atoms with Gasteiger partial charge in [0.25, 0.3) is 0 Å². The molecule has 1 aliphatic rings. The first kappa shape index (κ1) is 17.5. The molecular weight excluding hydrogens is 340 g/mol. The monoisotopic (exact) mass is 360 g/mol. The number of anilines is 1. The minimum Gasteiger partial charge on any atom is -0.467 e. The van der Waals surface area contributed by atoms with E-state index >= 15 is 0 Å². The molecule has 2 aromatic heterocycles. The van der Waals surface area contributed by atoms with Crippen molar-refractivity contribution in [1.29, 1.82) is 0 Å². The maximum absolute atomic E-state index is 11.7. The summed E-state index contributed by atoms with van der Waals surface area (Å²) in [6.45, 7) is 0.415. The summed E-state index contributed by atoms with van der Waals surface area (Å²) in [4.78, 5) is 23.4. The van der Waals surface area contributed by atoms with E-state index in [0.29, 0.717) is 18.8 Å². The number of carbonyl (C=O) groups is 2. The summed E-state index contributed by atoms with van der Waals surface area (Å²) >= 11 is 1.54. The molecule has 2 heterocycles. The lowest BCUT2D eigenvalue weighted by Crippen LogP contribution is -2.22. The number of carbonyl (C=O) groups excluding carboxylic acids is 2. The zero-order valence-electron chi connectivity index (χ0n) is 13.7. The third-order valence-electron chi connectivity index (χ3n) is 3.68. The second-order valence-electron chi connectivity index (χ2n) is 5.83. The molecule has 0 atom stereocenters. The molecule has 25 heavy (non-hydrogen) atoms. The van der Waals surface area contributed by atoms with E-state index in [1.165, 1.54) is 11.8 Å². The van der Waals surface area contributed by atoms with Crippen LogP contribution in [0.2, 0.25) is 0 Å². The van der Waals surface area contributed by atoms with Crippen LogP contribution in [0.15, 0.2) is 40.0 Å². The second kappa shape index (κ2) is 8.66. The number of hydrogen-bond acceptors (Lipinski definition) is 6. The van der Waals surface area contributed by atoms with E-state index in [0.717, 1.165) is 35.8 Å². The predicted octanol–water partition coefficient (Wildman–Crippen LogP) is 2.61. The molecular formula is C17H20N4O3S. The smallest absolute Gasteiger partial charge is 0.228 e. The Hall–Kier alpha value is -2.35. The first-order valence-electron chi connectivity index (χ1n) is 8.27. The summed E-state index contributed by atoms with van der Waals surface area (Å²) in [5, 5.41) is 14.4. The van der Waals surface area contributed by atoms with Crippen LogP contribution in [0.3, 0.4) is 0 Å². The van der Waals surface area contributed by atoms with Gasteiger partial charge in [0.05, 0.1) is 12.8 Å². The minimum absolute atomic E-state index is 0.00113. The Bertz CT molecular complexity index is 699. The predicted molar refractivity (Wildman–Crippen MR) is 93.9 cm³/mol. The van der Waals surface area contributed by atoms with Gasteiger partial charge in [-0.15, -0.1) is 22.0 Å². The van der Waals surface area contributed by atoms with Crippen molar-refractivity contribution in [3.05, 3.63) is 36.3 Å². The van der Waals surface area contributed by atoms with Gasteiger partial charge in [0.1, 0.15) is 10.8 Å². The van der Waals surface area contributed by atoms with Gasteiger partial charge >= 0.3 is 0 Å². The van der Waals surface area contributed by atoms with E-state index in [4.69, 9.17) is 4.42 Å². The van der Waals surface area contributed by atoms with E-state index in [9.17, 15) is 9.59 Å². The van der Waals surface area contributed by atoms with Crippen LogP contribution in [0.25, 0.3) is 0 Å². The van der Waals surface area contributed by atoms with E-state index in [1.807, 2.05) is 12.1 Å². The van der Waals surface area contributed by atoms with Crippen LogP contribution >= 0.6 is 11.8 Å². The molecule has 1 saturated carbocycles. The molecule has 2 N–H and O–H groups in total. The van der Waals surface area contributed by atoms with Crippen molar-refractivity contribution in [3.63, 3.8) is 0 Å². The van der Waals surface area contributed by atoms with Gasteiger partial charge in [0, 0.05) is 18.1 Å². The van der Waals surface area contributed by atoms with E-state index in [1.54, 1.807) is 18.4 Å². The third kappa shape index (κ3) is 5.90. The Morgan fingerprint density at radius 2 is 2.12 bits per heavy atom. The molecule has 0 bridgehead atoms. The van der Waals surface area contributed by atoms with Crippen molar-refractivity contribution in [2.75, 3.05) is 11.1 Å². The molecule has 0 radical (unpaired) electrons. The number of amides is 2. The minimum atomic E-state index is 0.00113. The summed E-state index contributed by atoms with van der Waals surface area (Å²) in [5.74, 6) is 2.17. The van der Waals surface area contributed by atoms with Gasteiger partial charge in [-0.3, -0.25) is 9.59 Å². The molecule has 0 saturated heterocycles. The van der Waals surface area contributed by atoms with E-state index in [2.05, 4.69) is 20.8 Å². The Labute approximate surface area is 150 Å². The highest BCUT2D eigenvalue weighted by Gasteiger charge is 2.29. The standard InChI is InChI=1S/C17H20N4O3S/c22-15(18-11-13-3-1-9-24-13)4-2-10-25-16-8-7-14(20-21-16)19-17(23)12-5-6-12/h1,3,7-9,12H,2,4-6,10-11H2,(H,18,22)(H,19,20,23). The van der Waals surface area contributed by atoms with Crippen molar-refractivity contribution < 1.29 is 14.0 Å². The lowest BCUT2D eigenvalue weighted by Gasteiger charge is -2.04. The molecule has 1 aliphatic carbocycles. The average molecular weight is 360 g/mol. The van der Waals surface area contributed by atoms with Crippen molar-refractivity contribution >= 4 is 29.4 Å². The first-order valence-corrected chi connectivity index (χ1v) is 9.26. The van der Waals surface area contributed by atoms with Crippen LogP contribution in [-0.4, -0.2) is 27.8 Å². The topological polar surface area (TPSA) is 97.1 Å². The van der Waals surface area contributed by atoms with Gasteiger partial charge in [-0.1, -0.05) is 0 Å². The lowest BCUT2D eigenvalue weighted by atomic mass is 10.3. The van der Waals surface area contributed by atoms with Crippen LogP contribution in [-0.2, 0) is 16.1 Å². The molecule has 2 aromatic rings. The summed E-state index contributed by atoms with van der Waals surface area (Å²) in [7, 11) is 0. The number of aromatic nitrogens is 2. The SMILES string of the molecule is O=C(CCCSc1ccc(NC(=O)C2CC2)nn1)NCc1ccco1. The van der Waals surface area contributed by atoms with Crippen molar-refractivity contribution in [2.45, 2.75) is 37.3 Å². The van der Waals surface area contributed by atoms with Gasteiger partial charge in [0.2, 0.25) is 11.8 Å². The van der Waals surface area contributed by atoms with Crippen LogP contribution in [0, 0.1) is 5.92 Å². The van der Waals surface area contributed by atoms with Gasteiger partial charge in [-0.2, -0.15) is 0 Å². The molecule has 7 nitrogen and oxygen atoms in total. The Morgan fingerprint density at radius 1 is 1.24 bits per heavy atom. The van der Waals surface area contributed by atoms with Crippen LogP contribution in [0.5, 0.6) is 0 Å². The Balaban J connectivity index is 1.30. The van der Waals surface area contributed by atoms with Crippen LogP contribution < -0.4 is 10.6 Å². The molecule has 2 amide bonds. The van der Waals surface area contributed by atoms with Crippen molar-refractivity contribution in [1.82, 2.24) is 15.5 Å². The molecule has 0 aromatic carbocycles.